The van der Waals surface area contributed by atoms with E-state index in [0.29, 0.717) is 26.3 Å². The van der Waals surface area contributed by atoms with Gasteiger partial charge in [-0.15, -0.1) is 0 Å². The van der Waals surface area contributed by atoms with Crippen LogP contribution in [0.3, 0.4) is 0 Å². The van der Waals surface area contributed by atoms with Gasteiger partial charge in [-0.05, 0) is 39.8 Å². The molecule has 100 valence electrons. The zero-order chi connectivity index (χ0) is 12.4. The van der Waals surface area contributed by atoms with Gasteiger partial charge in [0.1, 0.15) is 5.28 Å². The van der Waals surface area contributed by atoms with Crippen LogP contribution in [0, 0.1) is 0 Å². The summed E-state index contributed by atoms with van der Waals surface area (Å²) in [6.45, 7) is 8.05. The minimum atomic E-state index is -3.04. The summed E-state index contributed by atoms with van der Waals surface area (Å²) in [4.78, 5) is 2.30. The van der Waals surface area contributed by atoms with Crippen molar-refractivity contribution < 1.29 is 13.6 Å². The van der Waals surface area contributed by atoms with Gasteiger partial charge in [-0.25, -0.2) is 0 Å². The third-order valence-corrected chi connectivity index (χ3v) is 6.43. The number of nitrogens with zero attached hydrogens (tertiary/aromatic N) is 1. The lowest BCUT2D eigenvalue weighted by molar-refractivity contribution is 0.0798. The minimum absolute atomic E-state index is 0.407. The van der Waals surface area contributed by atoms with Gasteiger partial charge in [-0.3, -0.25) is 9.46 Å². The molecule has 0 amide bonds. The Hall–Kier alpha value is 0.0700. The molecule has 0 atom stereocenters. The maximum Gasteiger partial charge on any atom is 0.353 e. The predicted molar refractivity (Wildman–Crippen MR) is 67.3 cm³/mol. The molecule has 2 aliphatic rings. The first-order chi connectivity index (χ1) is 8.18. The largest absolute Gasteiger partial charge is 0.353 e. The fourth-order valence-electron chi connectivity index (χ4n) is 2.69. The Labute approximate surface area is 103 Å². The summed E-state index contributed by atoms with van der Waals surface area (Å²) >= 11 is 0. The first-order valence-electron chi connectivity index (χ1n) is 6.53. The number of rotatable bonds is 6. The Morgan fingerprint density at radius 2 is 1.71 bits per heavy atom. The highest BCUT2D eigenvalue weighted by molar-refractivity contribution is 7.55. The fourth-order valence-corrected chi connectivity index (χ4v) is 5.08. The van der Waals surface area contributed by atoms with Crippen molar-refractivity contribution in [3.05, 3.63) is 0 Å². The van der Waals surface area contributed by atoms with Crippen molar-refractivity contribution in [1.82, 2.24) is 10.2 Å². The van der Waals surface area contributed by atoms with Crippen molar-refractivity contribution in [2.24, 2.45) is 0 Å². The van der Waals surface area contributed by atoms with E-state index in [1.165, 1.54) is 12.8 Å². The Morgan fingerprint density at radius 1 is 1.18 bits per heavy atom. The quantitative estimate of drug-likeness (QED) is 0.738. The number of likely N-dealkylation sites (tertiary alicyclic amines) is 1. The molecular formula is C11H23N2O3P. The molecule has 0 aliphatic carbocycles. The van der Waals surface area contributed by atoms with Crippen LogP contribution in [0.25, 0.3) is 0 Å². The molecule has 17 heavy (non-hydrogen) atoms. The first kappa shape index (κ1) is 13.5. The maximum absolute atomic E-state index is 13.0. The summed E-state index contributed by atoms with van der Waals surface area (Å²) in [7, 11) is -3.04. The van der Waals surface area contributed by atoms with Crippen molar-refractivity contribution in [1.29, 1.82) is 0 Å². The molecule has 0 aromatic carbocycles. The fraction of sp³-hybridized carbons (Fsp3) is 1.00. The van der Waals surface area contributed by atoms with E-state index in [1.807, 2.05) is 13.8 Å². The molecule has 2 aliphatic heterocycles. The highest BCUT2D eigenvalue weighted by Gasteiger charge is 2.59. The molecule has 0 radical (unpaired) electrons. The standard InChI is InChI=1S/C11H23N2O3P/c1-3-15-17(14,16-4-2)11(9-12-10-11)13-7-5-6-8-13/h12H,3-10H2,1-2H3. The monoisotopic (exact) mass is 262 g/mol. The van der Waals surface area contributed by atoms with Crippen LogP contribution in [0.15, 0.2) is 0 Å². The van der Waals surface area contributed by atoms with Crippen molar-refractivity contribution in [3.63, 3.8) is 0 Å². The zero-order valence-corrected chi connectivity index (χ0v) is 11.7. The Balaban J connectivity index is 2.21. The van der Waals surface area contributed by atoms with Gasteiger partial charge < -0.3 is 14.4 Å². The zero-order valence-electron chi connectivity index (χ0n) is 10.8. The van der Waals surface area contributed by atoms with Crippen LogP contribution < -0.4 is 5.32 Å². The Bertz CT molecular complexity index is 291. The van der Waals surface area contributed by atoms with E-state index >= 15 is 0 Å². The van der Waals surface area contributed by atoms with Gasteiger partial charge in [0.25, 0.3) is 0 Å². The third-order valence-electron chi connectivity index (χ3n) is 3.62. The lowest BCUT2D eigenvalue weighted by Crippen LogP contribution is -2.68. The lowest BCUT2D eigenvalue weighted by Gasteiger charge is -2.51. The molecule has 0 spiro atoms. The average Bonchev–Trinajstić information content (AvgIpc) is 2.70. The molecule has 0 bridgehead atoms. The summed E-state index contributed by atoms with van der Waals surface area (Å²) < 4.78 is 24.1. The molecule has 1 N–H and O–H groups in total. The number of hydrogen-bond donors (Lipinski definition) is 1. The highest BCUT2D eigenvalue weighted by atomic mass is 31.2. The SMILES string of the molecule is CCOP(=O)(OCC)C1(N2CCCC2)CNC1. The molecule has 2 rings (SSSR count). The normalized spacial score (nSPS) is 24.8. The minimum Gasteiger partial charge on any atom is -0.312 e. The second-order valence-corrected chi connectivity index (χ2v) is 6.96. The van der Waals surface area contributed by atoms with Gasteiger partial charge in [0.05, 0.1) is 13.2 Å². The van der Waals surface area contributed by atoms with Crippen molar-refractivity contribution >= 4 is 7.60 Å². The molecule has 0 unspecified atom stereocenters. The average molecular weight is 262 g/mol. The van der Waals surface area contributed by atoms with Crippen molar-refractivity contribution in [2.75, 3.05) is 39.4 Å². The van der Waals surface area contributed by atoms with E-state index in [4.69, 9.17) is 9.05 Å². The summed E-state index contributed by atoms with van der Waals surface area (Å²) in [5.74, 6) is 0. The number of hydrogen-bond acceptors (Lipinski definition) is 5. The Kier molecular flexibility index (Phi) is 4.26. The van der Waals surface area contributed by atoms with E-state index in [0.717, 1.165) is 13.1 Å². The molecule has 6 heteroatoms. The molecular weight excluding hydrogens is 239 g/mol. The van der Waals surface area contributed by atoms with Crippen molar-refractivity contribution in [3.8, 4) is 0 Å². The van der Waals surface area contributed by atoms with Crippen LogP contribution in [0.4, 0.5) is 0 Å². The van der Waals surface area contributed by atoms with E-state index in [-0.39, 0.29) is 0 Å². The van der Waals surface area contributed by atoms with Crippen LogP contribution in [-0.2, 0) is 13.6 Å². The van der Waals surface area contributed by atoms with E-state index in [2.05, 4.69) is 10.2 Å². The van der Waals surface area contributed by atoms with Crippen LogP contribution >= 0.6 is 7.60 Å². The lowest BCUT2D eigenvalue weighted by atomic mass is 10.1. The molecule has 2 fully saturated rings. The third kappa shape index (κ3) is 2.20. The Morgan fingerprint density at radius 3 is 2.06 bits per heavy atom. The van der Waals surface area contributed by atoms with E-state index in [1.54, 1.807) is 0 Å². The summed E-state index contributed by atoms with van der Waals surface area (Å²) in [6, 6.07) is 0. The predicted octanol–water partition coefficient (Wildman–Crippen LogP) is 1.65. The molecule has 0 saturated carbocycles. The molecule has 2 heterocycles. The van der Waals surface area contributed by atoms with Crippen LogP contribution in [-0.4, -0.2) is 49.6 Å². The molecule has 0 aromatic heterocycles. The van der Waals surface area contributed by atoms with Gasteiger partial charge in [-0.1, -0.05) is 0 Å². The molecule has 2 saturated heterocycles. The second-order valence-electron chi connectivity index (χ2n) is 4.61. The summed E-state index contributed by atoms with van der Waals surface area (Å²) in [5.41, 5.74) is 0. The number of nitrogens with one attached hydrogen (secondary N) is 1. The van der Waals surface area contributed by atoms with Gasteiger partial charge in [0, 0.05) is 13.1 Å². The van der Waals surface area contributed by atoms with Crippen LogP contribution in [0.2, 0.25) is 0 Å². The summed E-state index contributed by atoms with van der Waals surface area (Å²) in [6.07, 6.45) is 2.36. The highest BCUT2D eigenvalue weighted by Crippen LogP contribution is 2.63. The molecule has 0 aromatic rings. The van der Waals surface area contributed by atoms with Gasteiger partial charge in [-0.2, -0.15) is 0 Å². The first-order valence-corrected chi connectivity index (χ1v) is 8.08. The van der Waals surface area contributed by atoms with Crippen LogP contribution in [0.1, 0.15) is 26.7 Å². The van der Waals surface area contributed by atoms with E-state index < -0.39 is 12.9 Å². The van der Waals surface area contributed by atoms with Crippen LogP contribution in [0.5, 0.6) is 0 Å². The summed E-state index contributed by atoms with van der Waals surface area (Å²) in [5, 5.41) is 2.82. The van der Waals surface area contributed by atoms with Gasteiger partial charge >= 0.3 is 7.60 Å². The topological polar surface area (TPSA) is 50.8 Å². The van der Waals surface area contributed by atoms with Crippen molar-refractivity contribution in [2.45, 2.75) is 32.0 Å². The van der Waals surface area contributed by atoms with Gasteiger partial charge in [0.15, 0.2) is 0 Å². The molecule has 5 nitrogen and oxygen atoms in total. The smallest absolute Gasteiger partial charge is 0.312 e. The maximum atomic E-state index is 13.0. The van der Waals surface area contributed by atoms with Gasteiger partial charge in [0.2, 0.25) is 0 Å². The van der Waals surface area contributed by atoms with E-state index in [9.17, 15) is 4.57 Å². The second kappa shape index (κ2) is 5.37.